The fourth-order valence-corrected chi connectivity index (χ4v) is 3.51. The van der Waals surface area contributed by atoms with E-state index in [-0.39, 0.29) is 16.9 Å². The van der Waals surface area contributed by atoms with Crippen molar-refractivity contribution in [2.75, 3.05) is 12.4 Å². The molecule has 3 aromatic rings. The van der Waals surface area contributed by atoms with Crippen LogP contribution in [0.5, 0.6) is 5.75 Å². The lowest BCUT2D eigenvalue weighted by atomic mass is 10.2. The van der Waals surface area contributed by atoms with Gasteiger partial charge in [-0.3, -0.25) is 14.5 Å². The van der Waals surface area contributed by atoms with Crippen LogP contribution in [0.4, 0.5) is 4.79 Å². The van der Waals surface area contributed by atoms with Crippen molar-refractivity contribution in [3.8, 4) is 5.75 Å². The van der Waals surface area contributed by atoms with E-state index in [1.807, 2.05) is 59.3 Å². The lowest BCUT2D eigenvalue weighted by Crippen LogP contribution is -2.27. The van der Waals surface area contributed by atoms with Crippen LogP contribution >= 0.6 is 11.8 Å². The van der Waals surface area contributed by atoms with Crippen LogP contribution in [0.3, 0.4) is 0 Å². The Morgan fingerprint density at radius 3 is 2.69 bits per heavy atom. The Hall–Kier alpha value is -2.80. The molecule has 0 N–H and O–H groups in total. The van der Waals surface area contributed by atoms with E-state index in [4.69, 9.17) is 4.74 Å². The van der Waals surface area contributed by atoms with Gasteiger partial charge in [-0.25, -0.2) is 4.98 Å². The van der Waals surface area contributed by atoms with Crippen LogP contribution in [0.1, 0.15) is 11.3 Å². The number of imide groups is 1. The second kappa shape index (κ2) is 7.21. The number of carbonyl (C=O) groups is 2. The molecule has 1 aliphatic heterocycles. The van der Waals surface area contributed by atoms with Crippen molar-refractivity contribution in [3.05, 3.63) is 66.1 Å². The standard InChI is InChI=1S/C19H17N3O3S/c23-18-13-26-19(24)22(18)11-14-4-6-16(7-5-14)25-10-8-15-12-21-9-2-1-3-17(21)20-15/h1-7,9,12H,8,10-11,13H2. The molecule has 1 aromatic carbocycles. The molecule has 0 saturated carbocycles. The zero-order valence-electron chi connectivity index (χ0n) is 14.0. The average Bonchev–Trinajstić information content (AvgIpc) is 3.21. The van der Waals surface area contributed by atoms with E-state index in [0.717, 1.165) is 40.8 Å². The predicted octanol–water partition coefficient (Wildman–Crippen LogP) is 3.15. The van der Waals surface area contributed by atoms with Crippen molar-refractivity contribution < 1.29 is 14.3 Å². The van der Waals surface area contributed by atoms with Gasteiger partial charge in [-0.2, -0.15) is 0 Å². The molecule has 4 rings (SSSR count). The van der Waals surface area contributed by atoms with E-state index in [2.05, 4.69) is 4.98 Å². The Balaban J connectivity index is 1.31. The lowest BCUT2D eigenvalue weighted by Gasteiger charge is -2.13. The number of aromatic nitrogens is 2. The number of nitrogens with zero attached hydrogens (tertiary/aromatic N) is 3. The van der Waals surface area contributed by atoms with E-state index in [1.54, 1.807) is 0 Å². The molecule has 1 fully saturated rings. The zero-order valence-corrected chi connectivity index (χ0v) is 14.8. The molecular formula is C19H17N3O3S. The topological polar surface area (TPSA) is 63.9 Å². The van der Waals surface area contributed by atoms with Crippen LogP contribution in [0.2, 0.25) is 0 Å². The molecule has 132 valence electrons. The normalized spacial score (nSPS) is 14.4. The minimum atomic E-state index is -0.178. The highest BCUT2D eigenvalue weighted by atomic mass is 32.2. The second-order valence-corrected chi connectivity index (χ2v) is 6.90. The number of hydrogen-bond acceptors (Lipinski definition) is 5. The number of ether oxygens (including phenoxy) is 1. The molecular weight excluding hydrogens is 350 g/mol. The third-order valence-electron chi connectivity index (χ3n) is 4.15. The Morgan fingerprint density at radius 1 is 1.12 bits per heavy atom. The van der Waals surface area contributed by atoms with Gasteiger partial charge in [0.15, 0.2) is 0 Å². The van der Waals surface area contributed by atoms with Crippen LogP contribution in [0, 0.1) is 0 Å². The van der Waals surface area contributed by atoms with Crippen molar-refractivity contribution in [1.82, 2.24) is 14.3 Å². The maximum absolute atomic E-state index is 11.6. The summed E-state index contributed by atoms with van der Waals surface area (Å²) in [6, 6.07) is 13.4. The third kappa shape index (κ3) is 3.57. The van der Waals surface area contributed by atoms with Crippen LogP contribution < -0.4 is 4.74 Å². The monoisotopic (exact) mass is 367 g/mol. The Bertz CT molecular complexity index is 903. The van der Waals surface area contributed by atoms with Gasteiger partial charge in [0.25, 0.3) is 5.24 Å². The van der Waals surface area contributed by atoms with Crippen molar-refractivity contribution in [2.24, 2.45) is 0 Å². The first kappa shape index (κ1) is 16.7. The van der Waals surface area contributed by atoms with Gasteiger partial charge < -0.3 is 9.14 Å². The zero-order chi connectivity index (χ0) is 17.9. The third-order valence-corrected chi connectivity index (χ3v) is 5.00. The van der Waals surface area contributed by atoms with Crippen LogP contribution in [-0.2, 0) is 17.8 Å². The highest BCUT2D eigenvalue weighted by Gasteiger charge is 2.29. The highest BCUT2D eigenvalue weighted by molar-refractivity contribution is 8.14. The van der Waals surface area contributed by atoms with Gasteiger partial charge in [-0.15, -0.1) is 0 Å². The van der Waals surface area contributed by atoms with Crippen molar-refractivity contribution in [1.29, 1.82) is 0 Å². The molecule has 26 heavy (non-hydrogen) atoms. The molecule has 0 spiro atoms. The number of thioether (sulfide) groups is 1. The van der Waals surface area contributed by atoms with Gasteiger partial charge in [0.1, 0.15) is 11.4 Å². The Kier molecular flexibility index (Phi) is 4.62. The van der Waals surface area contributed by atoms with Gasteiger partial charge in [-0.05, 0) is 29.8 Å². The summed E-state index contributed by atoms with van der Waals surface area (Å²) in [6.07, 6.45) is 4.70. The predicted molar refractivity (Wildman–Crippen MR) is 99.2 cm³/mol. The number of hydrogen-bond donors (Lipinski definition) is 0. The van der Waals surface area contributed by atoms with E-state index in [9.17, 15) is 9.59 Å². The summed E-state index contributed by atoms with van der Waals surface area (Å²) in [4.78, 5) is 29.1. The van der Waals surface area contributed by atoms with Gasteiger partial charge >= 0.3 is 0 Å². The summed E-state index contributed by atoms with van der Waals surface area (Å²) in [6.45, 7) is 0.842. The van der Waals surface area contributed by atoms with Crippen molar-refractivity contribution in [3.63, 3.8) is 0 Å². The summed E-state index contributed by atoms with van der Waals surface area (Å²) in [5.74, 6) is 0.863. The van der Waals surface area contributed by atoms with E-state index in [0.29, 0.717) is 13.2 Å². The number of pyridine rings is 1. The maximum Gasteiger partial charge on any atom is 0.289 e. The largest absolute Gasteiger partial charge is 0.493 e. The Morgan fingerprint density at radius 2 is 1.96 bits per heavy atom. The number of amides is 2. The summed E-state index contributed by atoms with van der Waals surface area (Å²) in [7, 11) is 0. The van der Waals surface area contributed by atoms with Crippen molar-refractivity contribution >= 4 is 28.6 Å². The minimum Gasteiger partial charge on any atom is -0.493 e. The van der Waals surface area contributed by atoms with Gasteiger partial charge in [0, 0.05) is 18.8 Å². The first-order valence-corrected chi connectivity index (χ1v) is 9.29. The lowest BCUT2D eigenvalue weighted by molar-refractivity contribution is -0.125. The van der Waals surface area contributed by atoms with Gasteiger partial charge in [-0.1, -0.05) is 30.0 Å². The number of carbonyl (C=O) groups excluding carboxylic acids is 2. The molecule has 0 unspecified atom stereocenters. The van der Waals surface area contributed by atoms with E-state index >= 15 is 0 Å². The van der Waals surface area contributed by atoms with Crippen molar-refractivity contribution in [2.45, 2.75) is 13.0 Å². The Labute approximate surface area is 154 Å². The summed E-state index contributed by atoms with van der Waals surface area (Å²) in [5, 5.41) is -0.178. The van der Waals surface area contributed by atoms with E-state index in [1.165, 1.54) is 4.90 Å². The first-order valence-electron chi connectivity index (χ1n) is 8.30. The molecule has 0 atom stereocenters. The summed E-state index contributed by atoms with van der Waals surface area (Å²) < 4.78 is 7.76. The number of benzene rings is 1. The SMILES string of the molecule is O=C1CSC(=O)N1Cc1ccc(OCCc2cn3ccccc3n2)cc1. The number of rotatable bonds is 6. The molecule has 1 saturated heterocycles. The molecule has 6 nitrogen and oxygen atoms in total. The number of imidazole rings is 1. The molecule has 0 radical (unpaired) electrons. The minimum absolute atomic E-state index is 0.132. The molecule has 7 heteroatoms. The fraction of sp³-hybridized carbons (Fsp3) is 0.211. The first-order chi connectivity index (χ1) is 12.7. The molecule has 3 heterocycles. The summed E-state index contributed by atoms with van der Waals surface area (Å²) in [5.41, 5.74) is 2.81. The quantitative estimate of drug-likeness (QED) is 0.670. The van der Waals surface area contributed by atoms with Gasteiger partial charge in [0.2, 0.25) is 5.91 Å². The second-order valence-electron chi connectivity index (χ2n) is 5.98. The molecule has 0 aliphatic carbocycles. The van der Waals surface area contributed by atoms with Gasteiger partial charge in [0.05, 0.1) is 24.6 Å². The molecule has 0 bridgehead atoms. The maximum atomic E-state index is 11.6. The van der Waals surface area contributed by atoms with Crippen LogP contribution in [0.25, 0.3) is 5.65 Å². The molecule has 1 aliphatic rings. The molecule has 2 amide bonds. The van der Waals surface area contributed by atoms with E-state index < -0.39 is 0 Å². The summed E-state index contributed by atoms with van der Waals surface area (Å²) >= 11 is 1.05. The highest BCUT2D eigenvalue weighted by Crippen LogP contribution is 2.22. The fourth-order valence-electron chi connectivity index (χ4n) is 2.79. The molecule has 2 aromatic heterocycles. The van der Waals surface area contributed by atoms with Crippen LogP contribution in [-0.4, -0.2) is 37.8 Å². The number of fused-ring (bicyclic) bond motifs is 1. The smallest absolute Gasteiger partial charge is 0.289 e. The van der Waals surface area contributed by atoms with Crippen LogP contribution in [0.15, 0.2) is 54.9 Å². The average molecular weight is 367 g/mol.